The van der Waals surface area contributed by atoms with Gasteiger partial charge in [-0.2, -0.15) is 0 Å². The number of carbonyl (C=O) groups is 2. The highest BCUT2D eigenvalue weighted by molar-refractivity contribution is 5.89. The first-order valence-corrected chi connectivity index (χ1v) is 8.46. The third kappa shape index (κ3) is 3.09. The van der Waals surface area contributed by atoms with Crippen LogP contribution < -0.4 is 0 Å². The van der Waals surface area contributed by atoms with Crippen LogP contribution in [0.15, 0.2) is 60.7 Å². The molecule has 5 nitrogen and oxygen atoms in total. The quantitative estimate of drug-likeness (QED) is 0.804. The molecular formula is C20H19NO4. The Hall–Kier alpha value is -2.82. The van der Waals surface area contributed by atoms with Gasteiger partial charge in [-0.25, -0.2) is 9.59 Å². The number of rotatable bonds is 4. The third-order valence-corrected chi connectivity index (χ3v) is 4.91. The topological polar surface area (TPSA) is 55.8 Å². The highest BCUT2D eigenvalue weighted by atomic mass is 16.6. The molecule has 0 spiro atoms. The number of carbonyl (C=O) groups excluding carboxylic acids is 2. The van der Waals surface area contributed by atoms with Crippen molar-refractivity contribution in [1.82, 2.24) is 4.90 Å². The Morgan fingerprint density at radius 2 is 1.68 bits per heavy atom. The fourth-order valence-corrected chi connectivity index (χ4v) is 3.52. The van der Waals surface area contributed by atoms with Crippen LogP contribution in [0, 0.1) is 5.92 Å². The van der Waals surface area contributed by atoms with E-state index < -0.39 is 0 Å². The monoisotopic (exact) mass is 337 g/mol. The summed E-state index contributed by atoms with van der Waals surface area (Å²) in [6, 6.07) is 18.4. The zero-order chi connectivity index (χ0) is 17.2. The standard InChI is InChI=1S/C20H19NO4/c22-19(15-9-5-2-6-10-15)25-18-16-11-17(18)21(12-16)20(23)24-13-14-7-3-1-4-8-14/h1-10,16-18H,11-13H2/t16-,17-,18+/m0/s1. The zero-order valence-corrected chi connectivity index (χ0v) is 13.7. The molecule has 2 bridgehead atoms. The van der Waals surface area contributed by atoms with Gasteiger partial charge in [-0.1, -0.05) is 48.5 Å². The van der Waals surface area contributed by atoms with E-state index in [4.69, 9.17) is 9.47 Å². The highest BCUT2D eigenvalue weighted by Gasteiger charge is 2.56. The molecular weight excluding hydrogens is 318 g/mol. The lowest BCUT2D eigenvalue weighted by molar-refractivity contribution is -0.0226. The van der Waals surface area contributed by atoms with E-state index in [0.717, 1.165) is 12.0 Å². The van der Waals surface area contributed by atoms with E-state index in [0.29, 0.717) is 12.1 Å². The number of fused-ring (bicyclic) bond motifs is 1. The van der Waals surface area contributed by atoms with E-state index in [1.807, 2.05) is 36.4 Å². The largest absolute Gasteiger partial charge is 0.456 e. The number of benzene rings is 2. The average molecular weight is 337 g/mol. The van der Waals surface area contributed by atoms with Crippen LogP contribution in [-0.4, -0.2) is 35.7 Å². The summed E-state index contributed by atoms with van der Waals surface area (Å²) >= 11 is 0. The van der Waals surface area contributed by atoms with Crippen LogP contribution in [0.5, 0.6) is 0 Å². The van der Waals surface area contributed by atoms with Crippen LogP contribution in [0.2, 0.25) is 0 Å². The Morgan fingerprint density at radius 1 is 1.00 bits per heavy atom. The van der Waals surface area contributed by atoms with Crippen molar-refractivity contribution in [2.24, 2.45) is 5.92 Å². The maximum absolute atomic E-state index is 12.3. The van der Waals surface area contributed by atoms with E-state index in [9.17, 15) is 9.59 Å². The van der Waals surface area contributed by atoms with Gasteiger partial charge in [0.2, 0.25) is 0 Å². The van der Waals surface area contributed by atoms with Gasteiger partial charge in [-0.15, -0.1) is 0 Å². The number of hydrogen-bond acceptors (Lipinski definition) is 4. The maximum atomic E-state index is 12.3. The molecule has 1 saturated carbocycles. The normalized spacial score (nSPS) is 23.7. The molecule has 0 aromatic heterocycles. The molecule has 1 amide bonds. The molecule has 2 aromatic carbocycles. The van der Waals surface area contributed by atoms with Gasteiger partial charge in [-0.05, 0) is 24.1 Å². The number of amides is 1. The predicted octanol–water partition coefficient (Wildman–Crippen LogP) is 3.25. The van der Waals surface area contributed by atoms with Crippen molar-refractivity contribution < 1.29 is 19.1 Å². The van der Waals surface area contributed by atoms with Crippen LogP contribution >= 0.6 is 0 Å². The third-order valence-electron chi connectivity index (χ3n) is 4.91. The van der Waals surface area contributed by atoms with Gasteiger partial charge < -0.3 is 14.4 Å². The lowest BCUT2D eigenvalue weighted by Crippen LogP contribution is -2.47. The minimum Gasteiger partial charge on any atom is -0.456 e. The second-order valence-electron chi connectivity index (χ2n) is 6.49. The number of nitrogens with zero attached hydrogens (tertiary/aromatic N) is 1. The van der Waals surface area contributed by atoms with Crippen molar-refractivity contribution in [3.05, 3.63) is 71.8 Å². The highest BCUT2D eigenvalue weighted by Crippen LogP contribution is 2.43. The van der Waals surface area contributed by atoms with E-state index >= 15 is 0 Å². The molecule has 25 heavy (non-hydrogen) atoms. The first-order chi connectivity index (χ1) is 12.2. The smallest absolute Gasteiger partial charge is 0.410 e. The molecule has 2 heterocycles. The molecule has 0 unspecified atom stereocenters. The molecule has 2 aliphatic heterocycles. The first-order valence-electron chi connectivity index (χ1n) is 8.46. The molecule has 0 radical (unpaired) electrons. The Kier molecular flexibility index (Phi) is 4.14. The summed E-state index contributed by atoms with van der Waals surface area (Å²) in [4.78, 5) is 26.2. The lowest BCUT2D eigenvalue weighted by Gasteiger charge is -2.35. The summed E-state index contributed by atoms with van der Waals surface area (Å²) in [6.45, 7) is 0.840. The second-order valence-corrected chi connectivity index (χ2v) is 6.49. The molecule has 3 atom stereocenters. The van der Waals surface area contributed by atoms with Gasteiger partial charge in [0.25, 0.3) is 0 Å². The second kappa shape index (κ2) is 6.59. The zero-order valence-electron chi connectivity index (χ0n) is 13.7. The van der Waals surface area contributed by atoms with Gasteiger partial charge in [0.15, 0.2) is 0 Å². The van der Waals surface area contributed by atoms with Gasteiger partial charge in [0.1, 0.15) is 12.7 Å². The van der Waals surface area contributed by atoms with Crippen molar-refractivity contribution in [3.8, 4) is 0 Å². The Balaban J connectivity index is 1.32. The van der Waals surface area contributed by atoms with Gasteiger partial charge in [0, 0.05) is 12.5 Å². The van der Waals surface area contributed by atoms with Crippen LogP contribution in [-0.2, 0) is 16.1 Å². The van der Waals surface area contributed by atoms with Crippen molar-refractivity contribution in [1.29, 1.82) is 0 Å². The van der Waals surface area contributed by atoms with Crippen molar-refractivity contribution >= 4 is 12.1 Å². The van der Waals surface area contributed by atoms with Crippen molar-refractivity contribution in [3.63, 3.8) is 0 Å². The van der Waals surface area contributed by atoms with Gasteiger partial charge >= 0.3 is 12.1 Å². The summed E-state index contributed by atoms with van der Waals surface area (Å²) in [5, 5.41) is 0. The van der Waals surface area contributed by atoms with E-state index in [1.54, 1.807) is 29.2 Å². The van der Waals surface area contributed by atoms with Crippen LogP contribution in [0.25, 0.3) is 0 Å². The van der Waals surface area contributed by atoms with E-state index in [2.05, 4.69) is 0 Å². The SMILES string of the molecule is O=C(O[C@@H]1[C@H]2C[C@@H]1N(C(=O)OCc1ccccc1)C2)c1ccccc1. The Morgan fingerprint density at radius 3 is 2.40 bits per heavy atom. The minimum absolute atomic E-state index is 0.0686. The molecule has 1 aliphatic carbocycles. The summed E-state index contributed by atoms with van der Waals surface area (Å²) in [6.07, 6.45) is 0.305. The van der Waals surface area contributed by atoms with Crippen LogP contribution in [0.1, 0.15) is 22.3 Å². The van der Waals surface area contributed by atoms with Gasteiger partial charge in [0.05, 0.1) is 11.6 Å². The number of hydrogen-bond donors (Lipinski definition) is 0. The molecule has 3 fully saturated rings. The summed E-state index contributed by atoms with van der Waals surface area (Å²) in [5.74, 6) is -0.123. The van der Waals surface area contributed by atoms with E-state index in [1.165, 1.54) is 0 Å². The predicted molar refractivity (Wildman–Crippen MR) is 90.9 cm³/mol. The Labute approximate surface area is 146 Å². The van der Waals surface area contributed by atoms with Crippen molar-refractivity contribution in [2.45, 2.75) is 25.2 Å². The summed E-state index contributed by atoms with van der Waals surface area (Å²) in [5.41, 5.74) is 1.49. The maximum Gasteiger partial charge on any atom is 0.410 e. The molecule has 5 rings (SSSR count). The molecule has 2 aromatic rings. The van der Waals surface area contributed by atoms with Crippen molar-refractivity contribution in [2.75, 3.05) is 6.54 Å². The average Bonchev–Trinajstić information content (AvgIpc) is 3.25. The summed E-state index contributed by atoms with van der Waals surface area (Å²) < 4.78 is 11.0. The lowest BCUT2D eigenvalue weighted by atomic mass is 9.82. The number of esters is 1. The summed E-state index contributed by atoms with van der Waals surface area (Å²) in [7, 11) is 0. The fourth-order valence-electron chi connectivity index (χ4n) is 3.52. The van der Waals surface area contributed by atoms with Crippen LogP contribution in [0.3, 0.4) is 0 Å². The molecule has 3 aliphatic rings. The van der Waals surface area contributed by atoms with Gasteiger partial charge in [-0.3, -0.25) is 0 Å². The van der Waals surface area contributed by atoms with E-state index in [-0.39, 0.29) is 36.7 Å². The molecule has 128 valence electrons. The minimum atomic E-state index is -0.338. The molecule has 0 N–H and O–H groups in total. The molecule has 2 saturated heterocycles. The van der Waals surface area contributed by atoms with Crippen LogP contribution in [0.4, 0.5) is 4.79 Å². The fraction of sp³-hybridized carbons (Fsp3) is 0.300. The number of ether oxygens (including phenoxy) is 2. The first kappa shape index (κ1) is 15.7. The Bertz CT molecular complexity index is 762. The molecule has 5 heteroatoms.